The Labute approximate surface area is 202 Å². The molecule has 1 amide bonds. The fourth-order valence-corrected chi connectivity index (χ4v) is 5.02. The number of likely N-dealkylation sites (tertiary alicyclic amines) is 1. The third-order valence-corrected chi connectivity index (χ3v) is 6.94. The first kappa shape index (κ1) is 21.7. The molecule has 2 fully saturated rings. The molecule has 6 rings (SSSR count). The molecule has 0 saturated carbocycles. The molecule has 2 aliphatic rings. The third-order valence-electron chi connectivity index (χ3n) is 6.94. The lowest BCUT2D eigenvalue weighted by molar-refractivity contribution is -0.0365. The van der Waals surface area contributed by atoms with E-state index in [4.69, 9.17) is 19.9 Å². The van der Waals surface area contributed by atoms with Crippen LogP contribution in [0.15, 0.2) is 49.1 Å². The molecule has 2 saturated heterocycles. The van der Waals surface area contributed by atoms with Crippen LogP contribution in [-0.4, -0.2) is 65.3 Å². The number of aromatic nitrogens is 6. The van der Waals surface area contributed by atoms with Gasteiger partial charge in [0.05, 0.1) is 23.4 Å². The van der Waals surface area contributed by atoms with Crippen molar-refractivity contribution in [1.29, 1.82) is 0 Å². The zero-order chi connectivity index (χ0) is 23.8. The molecule has 1 atom stereocenters. The SMILES string of the molecule is O=C(O)N1CCC(n2ccc(-c3nn(C4CCCCO4)c4cnc(-c5cccnc5)cc34)n2)CC1. The number of hydrogen-bond acceptors (Lipinski definition) is 6. The summed E-state index contributed by atoms with van der Waals surface area (Å²) in [7, 11) is 0. The molecule has 180 valence electrons. The van der Waals surface area contributed by atoms with Gasteiger partial charge in [-0.15, -0.1) is 0 Å². The second-order valence-electron chi connectivity index (χ2n) is 9.12. The Kier molecular flexibility index (Phi) is 5.65. The molecule has 4 aromatic heterocycles. The van der Waals surface area contributed by atoms with Crippen molar-refractivity contribution in [1.82, 2.24) is 34.4 Å². The van der Waals surface area contributed by atoms with Gasteiger partial charge in [0, 0.05) is 49.2 Å². The van der Waals surface area contributed by atoms with E-state index < -0.39 is 6.09 Å². The van der Waals surface area contributed by atoms with Crippen molar-refractivity contribution in [3.05, 3.63) is 49.1 Å². The zero-order valence-corrected chi connectivity index (χ0v) is 19.3. The topological polar surface area (TPSA) is 111 Å². The number of carboxylic acid groups (broad SMARTS) is 1. The van der Waals surface area contributed by atoms with Crippen LogP contribution in [0.3, 0.4) is 0 Å². The highest BCUT2D eigenvalue weighted by molar-refractivity contribution is 5.94. The van der Waals surface area contributed by atoms with Gasteiger partial charge in [0.2, 0.25) is 0 Å². The third kappa shape index (κ3) is 4.14. The molecule has 10 nitrogen and oxygen atoms in total. The Morgan fingerprint density at radius 1 is 1.06 bits per heavy atom. The van der Waals surface area contributed by atoms with Crippen molar-refractivity contribution in [2.75, 3.05) is 19.7 Å². The maximum absolute atomic E-state index is 11.2. The molecule has 0 aromatic carbocycles. The standard InChI is InChI=1S/C25H27N7O3/c33-25(34)30-10-6-18(7-11-30)31-12-8-20(28-31)24-19-14-21(17-4-3-9-26-15-17)27-16-22(19)32(29-24)23-5-1-2-13-35-23/h3-4,8-9,12,14-16,18,23H,1-2,5-7,10-11,13H2,(H,33,34). The first-order valence-corrected chi connectivity index (χ1v) is 12.1. The average Bonchev–Trinajstić information content (AvgIpc) is 3.55. The number of rotatable bonds is 4. The van der Waals surface area contributed by atoms with Crippen LogP contribution in [-0.2, 0) is 4.74 Å². The number of carbonyl (C=O) groups is 1. The van der Waals surface area contributed by atoms with Gasteiger partial charge in [0.25, 0.3) is 0 Å². The molecular formula is C25H27N7O3. The molecule has 0 bridgehead atoms. The van der Waals surface area contributed by atoms with Gasteiger partial charge in [-0.05, 0) is 56.4 Å². The molecular weight excluding hydrogens is 446 g/mol. The average molecular weight is 474 g/mol. The van der Waals surface area contributed by atoms with Crippen molar-refractivity contribution in [2.45, 2.75) is 44.4 Å². The van der Waals surface area contributed by atoms with E-state index >= 15 is 0 Å². The van der Waals surface area contributed by atoms with E-state index in [1.807, 2.05) is 40.0 Å². The molecule has 1 N–H and O–H groups in total. The number of amides is 1. The summed E-state index contributed by atoms with van der Waals surface area (Å²) in [5.41, 5.74) is 4.27. The van der Waals surface area contributed by atoms with E-state index in [2.05, 4.69) is 11.1 Å². The smallest absolute Gasteiger partial charge is 0.407 e. The Hall–Kier alpha value is -3.79. The van der Waals surface area contributed by atoms with Crippen LogP contribution in [0.4, 0.5) is 4.79 Å². The van der Waals surface area contributed by atoms with E-state index in [1.54, 1.807) is 12.4 Å². The highest BCUT2D eigenvalue weighted by Crippen LogP contribution is 2.34. The number of piperidine rings is 1. The van der Waals surface area contributed by atoms with Gasteiger partial charge in [-0.25, -0.2) is 9.48 Å². The van der Waals surface area contributed by atoms with Crippen LogP contribution < -0.4 is 0 Å². The number of ether oxygens (including phenoxy) is 1. The Morgan fingerprint density at radius 2 is 1.94 bits per heavy atom. The molecule has 4 aromatic rings. The van der Waals surface area contributed by atoms with E-state index in [9.17, 15) is 9.90 Å². The maximum atomic E-state index is 11.2. The van der Waals surface area contributed by atoms with Crippen molar-refractivity contribution >= 4 is 17.0 Å². The second-order valence-corrected chi connectivity index (χ2v) is 9.12. The minimum Gasteiger partial charge on any atom is -0.465 e. The number of hydrogen-bond donors (Lipinski definition) is 1. The molecule has 2 aliphatic heterocycles. The van der Waals surface area contributed by atoms with Crippen molar-refractivity contribution in [3.8, 4) is 22.6 Å². The van der Waals surface area contributed by atoms with Gasteiger partial charge in [-0.1, -0.05) is 0 Å². The van der Waals surface area contributed by atoms with Gasteiger partial charge in [-0.2, -0.15) is 10.2 Å². The Morgan fingerprint density at radius 3 is 2.69 bits per heavy atom. The lowest BCUT2D eigenvalue weighted by atomic mass is 10.1. The lowest BCUT2D eigenvalue weighted by Crippen LogP contribution is -2.38. The van der Waals surface area contributed by atoms with E-state index in [1.165, 1.54) is 4.90 Å². The molecule has 1 unspecified atom stereocenters. The van der Waals surface area contributed by atoms with E-state index in [-0.39, 0.29) is 12.3 Å². The normalized spacial score (nSPS) is 19.3. The summed E-state index contributed by atoms with van der Waals surface area (Å²) in [6.45, 7) is 1.77. The minimum absolute atomic E-state index is 0.117. The van der Waals surface area contributed by atoms with Crippen LogP contribution in [0.2, 0.25) is 0 Å². The monoisotopic (exact) mass is 473 g/mol. The van der Waals surface area contributed by atoms with E-state index in [0.29, 0.717) is 13.1 Å². The fourth-order valence-electron chi connectivity index (χ4n) is 5.02. The van der Waals surface area contributed by atoms with Crippen molar-refractivity contribution in [2.24, 2.45) is 0 Å². The van der Waals surface area contributed by atoms with Crippen LogP contribution >= 0.6 is 0 Å². The molecule has 6 heterocycles. The highest BCUT2D eigenvalue weighted by Gasteiger charge is 2.26. The molecule has 10 heteroatoms. The summed E-state index contributed by atoms with van der Waals surface area (Å²) in [6, 6.07) is 8.11. The lowest BCUT2D eigenvalue weighted by Gasteiger charge is -2.30. The maximum Gasteiger partial charge on any atom is 0.407 e. The van der Waals surface area contributed by atoms with Crippen LogP contribution in [0, 0.1) is 0 Å². The highest BCUT2D eigenvalue weighted by atomic mass is 16.5. The van der Waals surface area contributed by atoms with Crippen LogP contribution in [0.1, 0.15) is 44.4 Å². The number of nitrogens with zero attached hydrogens (tertiary/aromatic N) is 7. The van der Waals surface area contributed by atoms with Crippen molar-refractivity contribution in [3.63, 3.8) is 0 Å². The predicted octanol–water partition coefficient (Wildman–Crippen LogP) is 4.37. The molecule has 0 spiro atoms. The second kappa shape index (κ2) is 9.10. The quantitative estimate of drug-likeness (QED) is 0.468. The van der Waals surface area contributed by atoms with Gasteiger partial charge in [-0.3, -0.25) is 14.6 Å². The fraction of sp³-hybridized carbons (Fsp3) is 0.400. The minimum atomic E-state index is -0.857. The molecule has 0 radical (unpaired) electrons. The van der Waals surface area contributed by atoms with Crippen molar-refractivity contribution < 1.29 is 14.6 Å². The molecule has 0 aliphatic carbocycles. The summed E-state index contributed by atoms with van der Waals surface area (Å²) < 4.78 is 9.96. The molecule has 35 heavy (non-hydrogen) atoms. The number of fused-ring (bicyclic) bond motifs is 1. The summed E-state index contributed by atoms with van der Waals surface area (Å²) in [5, 5.41) is 20.1. The summed E-state index contributed by atoms with van der Waals surface area (Å²) in [6.07, 6.45) is 11.0. The van der Waals surface area contributed by atoms with Gasteiger partial charge < -0.3 is 14.7 Å². The largest absolute Gasteiger partial charge is 0.465 e. The van der Waals surface area contributed by atoms with Gasteiger partial charge >= 0.3 is 6.09 Å². The van der Waals surface area contributed by atoms with E-state index in [0.717, 1.165) is 72.3 Å². The summed E-state index contributed by atoms with van der Waals surface area (Å²) in [5.74, 6) is 0. The Bertz CT molecular complexity index is 1340. The first-order chi connectivity index (χ1) is 17.2. The predicted molar refractivity (Wildman–Crippen MR) is 129 cm³/mol. The van der Waals surface area contributed by atoms with Gasteiger partial charge in [0.1, 0.15) is 11.4 Å². The van der Waals surface area contributed by atoms with Crippen LogP contribution in [0.25, 0.3) is 33.5 Å². The summed E-state index contributed by atoms with van der Waals surface area (Å²) in [4.78, 5) is 21.7. The number of pyridine rings is 2. The van der Waals surface area contributed by atoms with Crippen LogP contribution in [0.5, 0.6) is 0 Å². The Balaban J connectivity index is 1.38. The zero-order valence-electron chi connectivity index (χ0n) is 19.3. The van der Waals surface area contributed by atoms with Gasteiger partial charge in [0.15, 0.2) is 6.23 Å². The first-order valence-electron chi connectivity index (χ1n) is 12.1. The summed E-state index contributed by atoms with van der Waals surface area (Å²) >= 11 is 0.